The van der Waals surface area contributed by atoms with Gasteiger partial charge in [0.15, 0.2) is 5.75 Å². The first-order chi connectivity index (χ1) is 8.75. The fourth-order valence-electron chi connectivity index (χ4n) is 1.41. The average molecular weight is 243 g/mol. The summed E-state index contributed by atoms with van der Waals surface area (Å²) >= 11 is 0. The third-order valence-electron chi connectivity index (χ3n) is 2.31. The van der Waals surface area contributed by atoms with Gasteiger partial charge in [0, 0.05) is 0 Å². The van der Waals surface area contributed by atoms with Crippen LogP contribution in [0.5, 0.6) is 5.75 Å². The minimum Gasteiger partial charge on any atom is -0.429 e. The van der Waals surface area contributed by atoms with Gasteiger partial charge in [-0.3, -0.25) is 0 Å². The highest BCUT2D eigenvalue weighted by atomic mass is 16.7. The second-order valence-electron chi connectivity index (χ2n) is 3.66. The van der Waals surface area contributed by atoms with Gasteiger partial charge in [-0.25, -0.2) is 4.79 Å². The Hall–Kier alpha value is -2.49. The lowest BCUT2D eigenvalue weighted by atomic mass is 10.2. The first-order valence-corrected chi connectivity index (χ1v) is 5.49. The van der Waals surface area contributed by atoms with Crippen LogP contribution >= 0.6 is 0 Å². The fourth-order valence-corrected chi connectivity index (χ4v) is 1.41. The molecule has 0 spiro atoms. The highest BCUT2D eigenvalue weighted by Gasteiger charge is 2.08. The molecule has 0 aliphatic rings. The van der Waals surface area contributed by atoms with Gasteiger partial charge < -0.3 is 15.2 Å². The summed E-state index contributed by atoms with van der Waals surface area (Å²) in [7, 11) is 0. The van der Waals surface area contributed by atoms with Crippen LogP contribution in [0.1, 0.15) is 5.56 Å². The van der Waals surface area contributed by atoms with Crippen molar-refractivity contribution in [2.24, 2.45) is 0 Å². The number of carbonyl (C=O) groups excluding carboxylic acids is 1. The number of nitrogen functional groups attached to an aromatic ring is 1. The Morgan fingerprint density at radius 2 is 1.67 bits per heavy atom. The van der Waals surface area contributed by atoms with E-state index in [9.17, 15) is 4.79 Å². The first-order valence-electron chi connectivity index (χ1n) is 5.49. The molecule has 0 saturated heterocycles. The molecule has 0 saturated carbocycles. The van der Waals surface area contributed by atoms with Gasteiger partial charge in [-0.05, 0) is 17.7 Å². The van der Waals surface area contributed by atoms with Crippen molar-refractivity contribution < 1.29 is 14.3 Å². The Labute approximate surface area is 105 Å². The zero-order valence-corrected chi connectivity index (χ0v) is 9.71. The monoisotopic (exact) mass is 243 g/mol. The summed E-state index contributed by atoms with van der Waals surface area (Å²) in [4.78, 5) is 11.4. The Morgan fingerprint density at radius 3 is 2.39 bits per heavy atom. The molecule has 0 aliphatic carbocycles. The van der Waals surface area contributed by atoms with Crippen molar-refractivity contribution in [3.63, 3.8) is 0 Å². The molecule has 92 valence electrons. The Bertz CT molecular complexity index is 526. The number of anilines is 1. The molecule has 2 aromatic carbocycles. The lowest BCUT2D eigenvalue weighted by Crippen LogP contribution is -2.11. The second kappa shape index (κ2) is 5.72. The van der Waals surface area contributed by atoms with Crippen molar-refractivity contribution in [1.29, 1.82) is 0 Å². The van der Waals surface area contributed by atoms with Gasteiger partial charge in [-0.15, -0.1) is 0 Å². The van der Waals surface area contributed by atoms with Crippen LogP contribution in [0.15, 0.2) is 54.6 Å². The molecule has 0 fully saturated rings. The summed E-state index contributed by atoms with van der Waals surface area (Å²) in [6.45, 7) is 0.173. The second-order valence-corrected chi connectivity index (χ2v) is 3.66. The molecule has 18 heavy (non-hydrogen) atoms. The van der Waals surface area contributed by atoms with Gasteiger partial charge >= 0.3 is 6.16 Å². The van der Waals surface area contributed by atoms with Crippen LogP contribution in [0.25, 0.3) is 0 Å². The molecule has 2 N–H and O–H groups in total. The largest absolute Gasteiger partial charge is 0.514 e. The highest BCUT2D eigenvalue weighted by Crippen LogP contribution is 2.20. The maximum atomic E-state index is 11.4. The zero-order chi connectivity index (χ0) is 12.8. The molecule has 0 atom stereocenters. The standard InChI is InChI=1S/C14H13NO3/c15-12-8-4-5-9-13(12)18-14(16)17-10-11-6-2-1-3-7-11/h1-9H,10,15H2. The van der Waals surface area contributed by atoms with Crippen molar-refractivity contribution in [3.8, 4) is 5.75 Å². The number of benzene rings is 2. The molecular weight excluding hydrogens is 230 g/mol. The molecule has 0 aliphatic heterocycles. The molecule has 0 aromatic heterocycles. The van der Waals surface area contributed by atoms with Gasteiger partial charge in [-0.2, -0.15) is 0 Å². The van der Waals surface area contributed by atoms with Crippen LogP contribution in [0.2, 0.25) is 0 Å². The van der Waals surface area contributed by atoms with E-state index in [0.29, 0.717) is 11.4 Å². The van der Waals surface area contributed by atoms with Crippen molar-refractivity contribution in [2.45, 2.75) is 6.61 Å². The van der Waals surface area contributed by atoms with E-state index in [2.05, 4.69) is 0 Å². The first kappa shape index (κ1) is 12.0. The van der Waals surface area contributed by atoms with Gasteiger partial charge in [0.05, 0.1) is 5.69 Å². The van der Waals surface area contributed by atoms with Crippen LogP contribution in [0.4, 0.5) is 10.5 Å². The van der Waals surface area contributed by atoms with E-state index in [1.54, 1.807) is 24.3 Å². The molecule has 0 heterocycles. The highest BCUT2D eigenvalue weighted by molar-refractivity contribution is 5.67. The summed E-state index contributed by atoms with van der Waals surface area (Å²) < 4.78 is 9.95. The molecule has 4 heteroatoms. The Morgan fingerprint density at radius 1 is 1.00 bits per heavy atom. The quantitative estimate of drug-likeness (QED) is 0.511. The minimum atomic E-state index is -0.767. The van der Waals surface area contributed by atoms with E-state index >= 15 is 0 Å². The maximum Gasteiger partial charge on any atom is 0.514 e. The van der Waals surface area contributed by atoms with Crippen LogP contribution in [0, 0.1) is 0 Å². The van der Waals surface area contributed by atoms with Crippen molar-refractivity contribution in [3.05, 3.63) is 60.2 Å². The maximum absolute atomic E-state index is 11.4. The number of ether oxygens (including phenoxy) is 2. The SMILES string of the molecule is Nc1ccccc1OC(=O)OCc1ccccc1. The van der Waals surface area contributed by atoms with Gasteiger partial charge in [0.2, 0.25) is 0 Å². The lowest BCUT2D eigenvalue weighted by molar-refractivity contribution is 0.0930. The van der Waals surface area contributed by atoms with Crippen LogP contribution in [-0.2, 0) is 11.3 Å². The van der Waals surface area contributed by atoms with Crippen molar-refractivity contribution >= 4 is 11.8 Å². The average Bonchev–Trinajstić information content (AvgIpc) is 2.40. The van der Waals surface area contributed by atoms with E-state index < -0.39 is 6.16 Å². The molecular formula is C14H13NO3. The predicted octanol–water partition coefficient (Wildman–Crippen LogP) is 2.98. The Balaban J connectivity index is 1.88. The number of nitrogens with two attached hydrogens (primary N) is 1. The summed E-state index contributed by atoms with van der Waals surface area (Å²) in [5.41, 5.74) is 6.94. The summed E-state index contributed by atoms with van der Waals surface area (Å²) in [5, 5.41) is 0. The van der Waals surface area contributed by atoms with E-state index in [1.807, 2.05) is 30.3 Å². The molecule has 2 aromatic rings. The predicted molar refractivity (Wildman–Crippen MR) is 68.1 cm³/mol. The van der Waals surface area contributed by atoms with E-state index in [4.69, 9.17) is 15.2 Å². The number of hydrogen-bond acceptors (Lipinski definition) is 4. The summed E-state index contributed by atoms with van der Waals surface area (Å²) in [6, 6.07) is 16.1. The third kappa shape index (κ3) is 3.25. The van der Waals surface area contributed by atoms with Crippen LogP contribution in [-0.4, -0.2) is 6.16 Å². The van der Waals surface area contributed by atoms with Crippen molar-refractivity contribution in [1.82, 2.24) is 0 Å². The minimum absolute atomic E-state index is 0.173. The van der Waals surface area contributed by atoms with Gasteiger partial charge in [0.25, 0.3) is 0 Å². The lowest BCUT2D eigenvalue weighted by Gasteiger charge is -2.07. The normalized spacial score (nSPS) is 9.78. The third-order valence-corrected chi connectivity index (χ3v) is 2.31. The van der Waals surface area contributed by atoms with Crippen LogP contribution < -0.4 is 10.5 Å². The number of rotatable bonds is 3. The number of para-hydroxylation sites is 2. The van der Waals surface area contributed by atoms with E-state index in [1.165, 1.54) is 0 Å². The number of hydrogen-bond donors (Lipinski definition) is 1. The van der Waals surface area contributed by atoms with Gasteiger partial charge in [-0.1, -0.05) is 42.5 Å². The molecule has 4 nitrogen and oxygen atoms in total. The fraction of sp³-hybridized carbons (Fsp3) is 0.0714. The van der Waals surface area contributed by atoms with Gasteiger partial charge in [0.1, 0.15) is 6.61 Å². The summed E-state index contributed by atoms with van der Waals surface area (Å²) in [6.07, 6.45) is -0.767. The number of carbonyl (C=O) groups is 1. The summed E-state index contributed by atoms with van der Waals surface area (Å²) in [5.74, 6) is 0.301. The smallest absolute Gasteiger partial charge is 0.429 e. The molecule has 0 bridgehead atoms. The topological polar surface area (TPSA) is 61.5 Å². The molecule has 0 amide bonds. The van der Waals surface area contributed by atoms with E-state index in [0.717, 1.165) is 5.56 Å². The van der Waals surface area contributed by atoms with E-state index in [-0.39, 0.29) is 6.61 Å². The van der Waals surface area contributed by atoms with Crippen molar-refractivity contribution in [2.75, 3.05) is 5.73 Å². The molecule has 0 unspecified atom stereocenters. The Kier molecular flexibility index (Phi) is 3.81. The zero-order valence-electron chi connectivity index (χ0n) is 9.71. The molecule has 0 radical (unpaired) electrons. The van der Waals surface area contributed by atoms with Crippen LogP contribution in [0.3, 0.4) is 0 Å². The molecule has 2 rings (SSSR count).